The van der Waals surface area contributed by atoms with E-state index in [0.717, 1.165) is 35.6 Å². The van der Waals surface area contributed by atoms with Crippen molar-refractivity contribution in [2.24, 2.45) is 11.1 Å². The molecule has 1 heterocycles. The first kappa shape index (κ1) is 27.5. The first-order valence-electron chi connectivity index (χ1n) is 12.7. The highest BCUT2D eigenvalue weighted by Crippen LogP contribution is 2.44. The first-order chi connectivity index (χ1) is 18.0. The minimum Gasteiger partial charge on any atom is -0.478 e. The molecule has 1 aromatic heterocycles. The molecule has 3 aromatic rings. The molecule has 1 fully saturated rings. The Morgan fingerprint density at radius 2 is 1.82 bits per heavy atom. The molecule has 10 heteroatoms. The predicted molar refractivity (Wildman–Crippen MR) is 146 cm³/mol. The van der Waals surface area contributed by atoms with Gasteiger partial charge in [0, 0.05) is 17.7 Å². The second kappa shape index (κ2) is 11.1. The summed E-state index contributed by atoms with van der Waals surface area (Å²) in [7, 11) is -4.18. The smallest absolute Gasteiger partial charge is 0.335 e. The van der Waals surface area contributed by atoms with Crippen LogP contribution in [-0.4, -0.2) is 42.1 Å². The van der Waals surface area contributed by atoms with Gasteiger partial charge in [0.05, 0.1) is 16.2 Å². The number of carbonyl (C=O) groups is 1. The number of nitrogens with one attached hydrogen (secondary N) is 1. The average molecular weight is 539 g/mol. The predicted octanol–water partition coefficient (Wildman–Crippen LogP) is 4.94. The Morgan fingerprint density at radius 1 is 1.13 bits per heavy atom. The van der Waals surface area contributed by atoms with Crippen molar-refractivity contribution in [1.29, 1.82) is 0 Å². The quantitative estimate of drug-likeness (QED) is 0.311. The molecule has 1 atom stereocenters. The molecule has 2 aromatic carbocycles. The summed E-state index contributed by atoms with van der Waals surface area (Å²) in [6.07, 6.45) is 5.58. The fraction of sp³-hybridized carbons (Fsp3) is 0.393. The number of nitrogens with two attached hydrogens (primary N) is 1. The van der Waals surface area contributed by atoms with Crippen molar-refractivity contribution in [2.75, 3.05) is 11.3 Å². The van der Waals surface area contributed by atoms with Crippen LogP contribution in [0.1, 0.15) is 60.5 Å². The zero-order valence-corrected chi connectivity index (χ0v) is 22.7. The van der Waals surface area contributed by atoms with Crippen molar-refractivity contribution in [3.8, 4) is 17.1 Å². The summed E-state index contributed by atoms with van der Waals surface area (Å²) >= 11 is 0. The summed E-state index contributed by atoms with van der Waals surface area (Å²) < 4.78 is 34.5. The largest absolute Gasteiger partial charge is 0.478 e. The van der Waals surface area contributed by atoms with Crippen molar-refractivity contribution >= 4 is 21.9 Å². The van der Waals surface area contributed by atoms with Gasteiger partial charge in [-0.3, -0.25) is 0 Å². The second-order valence-corrected chi connectivity index (χ2v) is 12.1. The molecular weight excluding hydrogens is 504 g/mol. The normalized spacial score (nSPS) is 15.4. The Labute approximate surface area is 223 Å². The molecule has 0 spiro atoms. The number of aromatic carboxylic acids is 1. The molecule has 4 rings (SSSR count). The first-order valence-corrected chi connectivity index (χ1v) is 14.1. The third-order valence-electron chi connectivity index (χ3n) is 7.18. The molecule has 0 bridgehead atoms. The molecule has 9 nitrogen and oxygen atoms in total. The monoisotopic (exact) mass is 538 g/mol. The van der Waals surface area contributed by atoms with E-state index in [1.165, 1.54) is 37.5 Å². The van der Waals surface area contributed by atoms with E-state index in [1.54, 1.807) is 6.07 Å². The van der Waals surface area contributed by atoms with Crippen molar-refractivity contribution < 1.29 is 23.1 Å². The molecule has 0 saturated heterocycles. The van der Waals surface area contributed by atoms with Gasteiger partial charge in [-0.05, 0) is 74.3 Å². The minimum atomic E-state index is -4.18. The van der Waals surface area contributed by atoms with Gasteiger partial charge in [0.25, 0.3) is 10.0 Å². The number of aromatic nitrogens is 2. The van der Waals surface area contributed by atoms with Crippen molar-refractivity contribution in [3.05, 3.63) is 65.2 Å². The molecule has 0 amide bonds. The van der Waals surface area contributed by atoms with Gasteiger partial charge in [0.2, 0.25) is 11.8 Å². The van der Waals surface area contributed by atoms with E-state index in [9.17, 15) is 18.3 Å². The molecule has 1 unspecified atom stereocenters. The number of rotatable bonds is 11. The molecule has 38 heavy (non-hydrogen) atoms. The third-order valence-corrected chi connectivity index (χ3v) is 8.51. The summed E-state index contributed by atoms with van der Waals surface area (Å²) in [5, 5.41) is 9.25. The van der Waals surface area contributed by atoms with Gasteiger partial charge >= 0.3 is 5.97 Å². The number of hydrogen-bond acceptors (Lipinski definition) is 7. The lowest BCUT2D eigenvalue weighted by Gasteiger charge is -2.39. The maximum atomic E-state index is 13.1. The maximum Gasteiger partial charge on any atom is 0.335 e. The van der Waals surface area contributed by atoms with Crippen molar-refractivity contribution in [2.45, 2.75) is 63.8 Å². The molecule has 0 radical (unpaired) electrons. The molecule has 0 aliphatic heterocycles. The number of aryl methyl sites for hydroxylation is 2. The molecule has 202 valence electrons. The van der Waals surface area contributed by atoms with E-state index in [-0.39, 0.29) is 34.9 Å². The topological polar surface area (TPSA) is 144 Å². The van der Waals surface area contributed by atoms with Crippen LogP contribution < -0.4 is 15.2 Å². The van der Waals surface area contributed by atoms with E-state index in [4.69, 9.17) is 10.5 Å². The van der Waals surface area contributed by atoms with Crippen LogP contribution in [0.25, 0.3) is 11.3 Å². The molecule has 1 saturated carbocycles. The Kier molecular flexibility index (Phi) is 8.03. The molecule has 4 N–H and O–H groups in total. The number of nitrogens with zero attached hydrogens (tertiary/aromatic N) is 2. The SMILES string of the molecule is Cc1cccc(C)c1-c1cc(OCC(N)CCC2(C)CCC2)nc(NS(=O)(=O)c2cccc(C(=O)O)c2)n1. The zero-order valence-electron chi connectivity index (χ0n) is 21.9. The minimum absolute atomic E-state index is 0.146. The highest BCUT2D eigenvalue weighted by atomic mass is 32.2. The van der Waals surface area contributed by atoms with Gasteiger partial charge in [-0.25, -0.2) is 22.9 Å². The van der Waals surface area contributed by atoms with Crippen LogP contribution >= 0.6 is 0 Å². The van der Waals surface area contributed by atoms with E-state index < -0.39 is 16.0 Å². The zero-order chi connectivity index (χ0) is 27.5. The average Bonchev–Trinajstić information content (AvgIpc) is 2.84. The third kappa shape index (κ3) is 6.49. The fourth-order valence-electron chi connectivity index (χ4n) is 4.71. The van der Waals surface area contributed by atoms with Gasteiger partial charge in [0.15, 0.2) is 0 Å². The number of ether oxygens (including phenoxy) is 1. The van der Waals surface area contributed by atoms with E-state index >= 15 is 0 Å². The second-order valence-electron chi connectivity index (χ2n) is 10.4. The fourth-order valence-corrected chi connectivity index (χ4v) is 5.70. The lowest BCUT2D eigenvalue weighted by atomic mass is 9.67. The highest BCUT2D eigenvalue weighted by molar-refractivity contribution is 7.92. The van der Waals surface area contributed by atoms with Gasteiger partial charge in [-0.2, -0.15) is 4.98 Å². The van der Waals surface area contributed by atoms with Crippen molar-refractivity contribution in [1.82, 2.24) is 9.97 Å². The van der Waals surface area contributed by atoms with Crippen LogP contribution in [0.3, 0.4) is 0 Å². The van der Waals surface area contributed by atoms with Gasteiger partial charge in [-0.15, -0.1) is 0 Å². The maximum absolute atomic E-state index is 13.1. The van der Waals surface area contributed by atoms with Crippen LogP contribution in [0.2, 0.25) is 0 Å². The summed E-state index contributed by atoms with van der Waals surface area (Å²) in [6, 6.07) is 12.4. The standard InChI is InChI=1S/C28H34N4O5S/c1-18-7-4-8-19(2)25(18)23-16-24(37-17-21(29)11-14-28(3)12-6-13-28)31-27(30-23)32-38(35,36)22-10-5-9-20(15-22)26(33)34/h4-5,7-10,15-16,21H,6,11-14,17,29H2,1-3H3,(H,33,34)(H,30,31,32). The van der Waals surface area contributed by atoms with Crippen LogP contribution in [0, 0.1) is 19.3 Å². The van der Waals surface area contributed by atoms with Crippen LogP contribution in [0.4, 0.5) is 5.95 Å². The van der Waals surface area contributed by atoms with Crippen LogP contribution in [-0.2, 0) is 10.0 Å². The number of sulfonamides is 1. The molecular formula is C28H34N4O5S. The molecule has 1 aliphatic carbocycles. The number of hydrogen-bond donors (Lipinski definition) is 3. The summed E-state index contributed by atoms with van der Waals surface area (Å²) in [5.74, 6) is -1.22. The number of anilines is 1. The lowest BCUT2D eigenvalue weighted by Crippen LogP contribution is -2.32. The van der Waals surface area contributed by atoms with E-state index in [2.05, 4.69) is 21.6 Å². The Morgan fingerprint density at radius 3 is 2.45 bits per heavy atom. The van der Waals surface area contributed by atoms with Gasteiger partial charge < -0.3 is 15.6 Å². The van der Waals surface area contributed by atoms with Crippen molar-refractivity contribution in [3.63, 3.8) is 0 Å². The Bertz CT molecular complexity index is 1420. The summed E-state index contributed by atoms with van der Waals surface area (Å²) in [6.45, 7) is 6.41. The Hall–Kier alpha value is -3.50. The summed E-state index contributed by atoms with van der Waals surface area (Å²) in [4.78, 5) is 19.9. The summed E-state index contributed by atoms with van der Waals surface area (Å²) in [5.41, 5.74) is 9.81. The molecule has 1 aliphatic rings. The van der Waals surface area contributed by atoms with E-state index in [0.29, 0.717) is 11.1 Å². The number of carboxylic acid groups (broad SMARTS) is 1. The number of benzene rings is 2. The van der Waals surface area contributed by atoms with Crippen LogP contribution in [0.15, 0.2) is 53.4 Å². The lowest BCUT2D eigenvalue weighted by molar-refractivity contribution is 0.0696. The van der Waals surface area contributed by atoms with Crippen LogP contribution in [0.5, 0.6) is 5.88 Å². The Balaban J connectivity index is 1.61. The number of carboxylic acids is 1. The highest BCUT2D eigenvalue weighted by Gasteiger charge is 2.31. The van der Waals surface area contributed by atoms with Gasteiger partial charge in [-0.1, -0.05) is 37.6 Å². The van der Waals surface area contributed by atoms with E-state index in [1.807, 2.05) is 32.0 Å². The van der Waals surface area contributed by atoms with Gasteiger partial charge in [0.1, 0.15) is 6.61 Å².